The molecule has 1 aromatic carbocycles. The second kappa shape index (κ2) is 8.39. The number of nitrogens with one attached hydrogen (secondary N) is 1. The van der Waals surface area contributed by atoms with Crippen molar-refractivity contribution in [3.05, 3.63) is 41.2 Å². The molecule has 0 spiro atoms. The second-order valence-corrected chi connectivity index (χ2v) is 5.85. The number of nitrogens with zero attached hydrogens (tertiary/aromatic N) is 3. The minimum absolute atomic E-state index is 0.147. The van der Waals surface area contributed by atoms with Crippen LogP contribution in [0, 0.1) is 13.8 Å². The number of carbonyl (C=O) groups is 2. The molecule has 0 aliphatic rings. The number of aromatic nitrogens is 3. The normalized spacial score (nSPS) is 10.3. The molecule has 1 heterocycles. The number of benzene rings is 1. The Kier molecular flexibility index (Phi) is 6.25. The van der Waals surface area contributed by atoms with Crippen LogP contribution in [0.2, 0.25) is 0 Å². The number of ether oxygens (including phenoxy) is 1. The first kappa shape index (κ1) is 17.9. The molecule has 0 saturated heterocycles. The Hall–Kier alpha value is -2.48. The SMILES string of the molecule is CCOC(=O)c1cccc(NC(=O)CSc2nnc(C)c(C)n2)c1. The quantitative estimate of drug-likeness (QED) is 0.634. The van der Waals surface area contributed by atoms with Crippen LogP contribution in [0.25, 0.3) is 0 Å². The standard InChI is InChI=1S/C16H18N4O3S/c1-4-23-15(22)12-6-5-7-13(8-12)18-14(21)9-24-16-17-10(2)11(3)19-20-16/h5-8H,4,9H2,1-3H3,(H,18,21). The number of hydrogen-bond donors (Lipinski definition) is 1. The first-order valence-corrected chi connectivity index (χ1v) is 8.36. The topological polar surface area (TPSA) is 94.1 Å². The van der Waals surface area contributed by atoms with Crippen molar-refractivity contribution in [1.29, 1.82) is 0 Å². The van der Waals surface area contributed by atoms with Crippen LogP contribution in [0.15, 0.2) is 29.4 Å². The van der Waals surface area contributed by atoms with Crippen molar-refractivity contribution in [3.63, 3.8) is 0 Å². The number of amides is 1. The molecular weight excluding hydrogens is 328 g/mol. The van der Waals surface area contributed by atoms with E-state index in [2.05, 4.69) is 20.5 Å². The summed E-state index contributed by atoms with van der Waals surface area (Å²) >= 11 is 1.20. The van der Waals surface area contributed by atoms with Gasteiger partial charge >= 0.3 is 5.97 Å². The summed E-state index contributed by atoms with van der Waals surface area (Å²) in [5.74, 6) is -0.492. The molecule has 2 aromatic rings. The molecule has 2 rings (SSSR count). The summed E-state index contributed by atoms with van der Waals surface area (Å²) in [5, 5.41) is 11.1. The van der Waals surface area contributed by atoms with Crippen LogP contribution in [-0.4, -0.2) is 39.4 Å². The maximum atomic E-state index is 12.0. The molecule has 0 saturated carbocycles. The predicted octanol–water partition coefficient (Wildman–Crippen LogP) is 2.40. The van der Waals surface area contributed by atoms with Gasteiger partial charge in [-0.15, -0.1) is 5.10 Å². The van der Waals surface area contributed by atoms with Crippen LogP contribution in [0.3, 0.4) is 0 Å². The lowest BCUT2D eigenvalue weighted by Gasteiger charge is -2.07. The predicted molar refractivity (Wildman–Crippen MR) is 91.1 cm³/mol. The van der Waals surface area contributed by atoms with E-state index in [9.17, 15) is 9.59 Å². The van der Waals surface area contributed by atoms with Gasteiger partial charge in [-0.3, -0.25) is 4.79 Å². The van der Waals surface area contributed by atoms with Crippen molar-refractivity contribution >= 4 is 29.3 Å². The largest absolute Gasteiger partial charge is 0.462 e. The number of aryl methyl sites for hydroxylation is 2. The molecule has 0 aliphatic heterocycles. The molecule has 24 heavy (non-hydrogen) atoms. The van der Waals surface area contributed by atoms with Crippen LogP contribution in [0.5, 0.6) is 0 Å². The van der Waals surface area contributed by atoms with Crippen molar-refractivity contribution in [2.24, 2.45) is 0 Å². The zero-order valence-electron chi connectivity index (χ0n) is 13.7. The van der Waals surface area contributed by atoms with Gasteiger partial charge < -0.3 is 10.1 Å². The van der Waals surface area contributed by atoms with E-state index in [1.165, 1.54) is 11.8 Å². The Morgan fingerprint density at radius 1 is 1.21 bits per heavy atom. The van der Waals surface area contributed by atoms with Gasteiger partial charge in [0.1, 0.15) is 0 Å². The summed E-state index contributed by atoms with van der Waals surface area (Å²) in [7, 11) is 0. The molecule has 0 aliphatic carbocycles. The van der Waals surface area contributed by atoms with E-state index in [1.54, 1.807) is 31.2 Å². The van der Waals surface area contributed by atoms with Crippen LogP contribution >= 0.6 is 11.8 Å². The highest BCUT2D eigenvalue weighted by atomic mass is 32.2. The third-order valence-electron chi connectivity index (χ3n) is 3.06. The summed E-state index contributed by atoms with van der Waals surface area (Å²) < 4.78 is 4.93. The first-order valence-electron chi connectivity index (χ1n) is 7.37. The molecule has 0 unspecified atom stereocenters. The van der Waals surface area contributed by atoms with Gasteiger partial charge in [-0.2, -0.15) is 5.10 Å². The van der Waals surface area contributed by atoms with Crippen LogP contribution in [0.4, 0.5) is 5.69 Å². The van der Waals surface area contributed by atoms with E-state index in [-0.39, 0.29) is 11.7 Å². The van der Waals surface area contributed by atoms with Crippen molar-refractivity contribution in [3.8, 4) is 0 Å². The number of thioether (sulfide) groups is 1. The molecular formula is C16H18N4O3S. The molecule has 1 amide bonds. The molecule has 7 nitrogen and oxygen atoms in total. The van der Waals surface area contributed by atoms with Crippen molar-refractivity contribution < 1.29 is 14.3 Å². The molecule has 126 valence electrons. The van der Waals surface area contributed by atoms with Crippen LogP contribution in [-0.2, 0) is 9.53 Å². The summed E-state index contributed by atoms with van der Waals surface area (Å²) in [6, 6.07) is 6.61. The minimum Gasteiger partial charge on any atom is -0.462 e. The number of anilines is 1. The molecule has 0 atom stereocenters. The summed E-state index contributed by atoms with van der Waals surface area (Å²) in [4.78, 5) is 28.0. The van der Waals surface area contributed by atoms with E-state index in [0.717, 1.165) is 11.4 Å². The lowest BCUT2D eigenvalue weighted by Crippen LogP contribution is -2.15. The zero-order valence-corrected chi connectivity index (χ0v) is 14.5. The fraction of sp³-hybridized carbons (Fsp3) is 0.312. The van der Waals surface area contributed by atoms with E-state index in [0.29, 0.717) is 23.0 Å². The van der Waals surface area contributed by atoms with Gasteiger partial charge in [-0.25, -0.2) is 9.78 Å². The monoisotopic (exact) mass is 346 g/mol. The summed E-state index contributed by atoms with van der Waals surface area (Å²) in [6.45, 7) is 5.71. The van der Waals surface area contributed by atoms with Crippen molar-refractivity contribution in [1.82, 2.24) is 15.2 Å². The number of carbonyl (C=O) groups excluding carboxylic acids is 2. The minimum atomic E-state index is -0.419. The Balaban J connectivity index is 1.93. The maximum absolute atomic E-state index is 12.0. The number of hydrogen-bond acceptors (Lipinski definition) is 7. The molecule has 8 heteroatoms. The summed E-state index contributed by atoms with van der Waals surface area (Å²) in [5.41, 5.74) is 2.48. The van der Waals surface area contributed by atoms with E-state index < -0.39 is 5.97 Å². The van der Waals surface area contributed by atoms with Crippen LogP contribution < -0.4 is 5.32 Å². The van der Waals surface area contributed by atoms with Gasteiger partial charge in [0.25, 0.3) is 0 Å². The average Bonchev–Trinajstić information content (AvgIpc) is 2.56. The van der Waals surface area contributed by atoms with Gasteiger partial charge in [0.05, 0.1) is 29.3 Å². The van der Waals surface area contributed by atoms with E-state index >= 15 is 0 Å². The fourth-order valence-corrected chi connectivity index (χ4v) is 2.40. The third-order valence-corrected chi connectivity index (χ3v) is 3.90. The van der Waals surface area contributed by atoms with Gasteiger partial charge in [0.15, 0.2) is 0 Å². The Morgan fingerprint density at radius 3 is 2.71 bits per heavy atom. The molecule has 0 bridgehead atoms. The molecule has 0 fully saturated rings. The highest BCUT2D eigenvalue weighted by Crippen LogP contribution is 2.15. The fourth-order valence-electron chi connectivity index (χ4n) is 1.76. The van der Waals surface area contributed by atoms with Gasteiger partial charge in [-0.1, -0.05) is 17.8 Å². The third kappa shape index (κ3) is 5.02. The Morgan fingerprint density at radius 2 is 2.00 bits per heavy atom. The summed E-state index contributed by atoms with van der Waals surface area (Å²) in [6.07, 6.45) is 0. The Bertz CT molecular complexity index is 752. The van der Waals surface area contributed by atoms with E-state index in [1.807, 2.05) is 13.8 Å². The molecule has 1 aromatic heterocycles. The van der Waals surface area contributed by atoms with E-state index in [4.69, 9.17) is 4.74 Å². The smallest absolute Gasteiger partial charge is 0.338 e. The second-order valence-electron chi connectivity index (χ2n) is 4.90. The highest BCUT2D eigenvalue weighted by Gasteiger charge is 2.10. The highest BCUT2D eigenvalue weighted by molar-refractivity contribution is 7.99. The first-order chi connectivity index (χ1) is 11.5. The lowest BCUT2D eigenvalue weighted by molar-refractivity contribution is -0.113. The molecule has 1 N–H and O–H groups in total. The van der Waals surface area contributed by atoms with Crippen molar-refractivity contribution in [2.45, 2.75) is 25.9 Å². The average molecular weight is 346 g/mol. The maximum Gasteiger partial charge on any atom is 0.338 e. The van der Waals surface area contributed by atoms with Crippen molar-refractivity contribution in [2.75, 3.05) is 17.7 Å². The lowest BCUT2D eigenvalue weighted by atomic mass is 10.2. The molecule has 0 radical (unpaired) electrons. The Labute approximate surface area is 144 Å². The van der Waals surface area contributed by atoms with Gasteiger partial charge in [-0.05, 0) is 39.0 Å². The van der Waals surface area contributed by atoms with Crippen LogP contribution in [0.1, 0.15) is 28.7 Å². The van der Waals surface area contributed by atoms with Gasteiger partial charge in [0, 0.05) is 5.69 Å². The zero-order chi connectivity index (χ0) is 17.5. The number of rotatable bonds is 6. The number of esters is 1. The van der Waals surface area contributed by atoms with Gasteiger partial charge in [0.2, 0.25) is 11.1 Å².